The van der Waals surface area contributed by atoms with Crippen LogP contribution in [0, 0.1) is 0 Å². The van der Waals surface area contributed by atoms with E-state index in [4.69, 9.17) is 5.73 Å². The van der Waals surface area contributed by atoms with E-state index in [-0.39, 0.29) is 33.9 Å². The summed E-state index contributed by atoms with van der Waals surface area (Å²) in [6.45, 7) is 0. The average molecular weight is 442 g/mol. The van der Waals surface area contributed by atoms with E-state index < -0.39 is 35.0 Å². The number of nitrogens with two attached hydrogens (primary N) is 1. The first-order valence-electron chi connectivity index (χ1n) is 9.06. The third-order valence-electron chi connectivity index (χ3n) is 4.79. The molecule has 4 N–H and O–H groups in total. The van der Waals surface area contributed by atoms with Crippen LogP contribution in [0.2, 0.25) is 0 Å². The minimum absolute atomic E-state index is 0.0383. The predicted molar refractivity (Wildman–Crippen MR) is 108 cm³/mol. The van der Waals surface area contributed by atoms with Crippen molar-refractivity contribution in [3.63, 3.8) is 0 Å². The van der Waals surface area contributed by atoms with Crippen LogP contribution in [0.25, 0.3) is 5.69 Å². The number of aromatic nitrogens is 1. The number of hydrogen-bond acceptors (Lipinski definition) is 5. The molecule has 162 valence electrons. The number of nitrogen functional groups attached to an aromatic ring is 1. The Bertz CT molecular complexity index is 1340. The second-order valence-electron chi connectivity index (χ2n) is 6.85. The molecule has 0 bridgehead atoms. The smallest absolute Gasteiger partial charge is 0.384 e. The summed E-state index contributed by atoms with van der Waals surface area (Å²) in [5.74, 6) is -2.36. The number of fused-ring (bicyclic) bond motifs is 1. The van der Waals surface area contributed by atoms with Crippen molar-refractivity contribution in [2.24, 2.45) is 0 Å². The molecule has 0 fully saturated rings. The molecule has 2 heterocycles. The second kappa shape index (κ2) is 7.38. The average Bonchev–Trinajstić information content (AvgIpc) is 3.01. The maximum Gasteiger partial charge on any atom is 0.416 e. The topological polar surface area (TPSA) is 123 Å². The third-order valence-corrected chi connectivity index (χ3v) is 4.79. The Kier molecular flexibility index (Phi) is 4.80. The fraction of sp³-hybridized carbons (Fsp3) is 0.0476. The molecule has 8 nitrogen and oxygen atoms in total. The molecular formula is C21H13F3N4O4. The van der Waals surface area contributed by atoms with Crippen LogP contribution in [0.5, 0.6) is 0 Å². The Morgan fingerprint density at radius 2 is 1.66 bits per heavy atom. The molecule has 3 aromatic rings. The number of halogens is 3. The van der Waals surface area contributed by atoms with Crippen LogP contribution >= 0.6 is 0 Å². The first-order valence-corrected chi connectivity index (χ1v) is 9.06. The molecular weight excluding hydrogens is 429 g/mol. The van der Waals surface area contributed by atoms with Gasteiger partial charge in [-0.3, -0.25) is 29.1 Å². The Labute approximate surface area is 177 Å². The summed E-state index contributed by atoms with van der Waals surface area (Å²) in [6, 6.07) is 10.6. The number of hydrogen-bond donors (Lipinski definition) is 3. The number of pyridine rings is 1. The lowest BCUT2D eigenvalue weighted by atomic mass is 10.1. The summed E-state index contributed by atoms with van der Waals surface area (Å²) in [5.41, 5.74) is 4.43. The molecule has 32 heavy (non-hydrogen) atoms. The van der Waals surface area contributed by atoms with Crippen molar-refractivity contribution in [1.29, 1.82) is 0 Å². The number of imide groups is 1. The van der Waals surface area contributed by atoms with Gasteiger partial charge in [0.1, 0.15) is 5.82 Å². The molecule has 0 atom stereocenters. The molecule has 0 aliphatic carbocycles. The van der Waals surface area contributed by atoms with E-state index in [2.05, 4.69) is 10.6 Å². The van der Waals surface area contributed by atoms with Crippen LogP contribution in [-0.2, 0) is 6.18 Å². The number of benzene rings is 2. The maximum atomic E-state index is 12.8. The molecule has 2 aromatic carbocycles. The maximum absolute atomic E-state index is 12.8. The van der Waals surface area contributed by atoms with Gasteiger partial charge in [0.05, 0.1) is 22.4 Å². The zero-order valence-electron chi connectivity index (χ0n) is 16.0. The molecule has 0 saturated carbocycles. The van der Waals surface area contributed by atoms with E-state index in [1.807, 2.05) is 0 Å². The molecule has 0 spiro atoms. The van der Waals surface area contributed by atoms with Crippen LogP contribution in [0.4, 0.5) is 24.7 Å². The first kappa shape index (κ1) is 20.8. The number of amides is 3. The van der Waals surface area contributed by atoms with E-state index in [1.165, 1.54) is 36.4 Å². The van der Waals surface area contributed by atoms with Crippen molar-refractivity contribution >= 4 is 29.2 Å². The van der Waals surface area contributed by atoms with Gasteiger partial charge < -0.3 is 11.1 Å². The highest BCUT2D eigenvalue weighted by atomic mass is 19.4. The molecule has 0 saturated heterocycles. The molecule has 1 aromatic heterocycles. The van der Waals surface area contributed by atoms with E-state index in [9.17, 15) is 32.3 Å². The second-order valence-corrected chi connectivity index (χ2v) is 6.85. The summed E-state index contributed by atoms with van der Waals surface area (Å²) in [5, 5.41) is 4.43. The van der Waals surface area contributed by atoms with Crippen molar-refractivity contribution < 1.29 is 27.6 Å². The van der Waals surface area contributed by atoms with Gasteiger partial charge in [-0.2, -0.15) is 13.2 Å². The van der Waals surface area contributed by atoms with Crippen LogP contribution in [0.15, 0.2) is 59.4 Å². The lowest BCUT2D eigenvalue weighted by molar-refractivity contribution is -0.137. The van der Waals surface area contributed by atoms with E-state index in [1.54, 1.807) is 0 Å². The molecule has 11 heteroatoms. The van der Waals surface area contributed by atoms with Crippen molar-refractivity contribution in [1.82, 2.24) is 9.88 Å². The summed E-state index contributed by atoms with van der Waals surface area (Å²) >= 11 is 0. The monoisotopic (exact) mass is 442 g/mol. The number of carbonyl (C=O) groups is 3. The van der Waals surface area contributed by atoms with Crippen molar-refractivity contribution in [2.75, 3.05) is 11.1 Å². The quantitative estimate of drug-likeness (QED) is 0.538. The van der Waals surface area contributed by atoms with Gasteiger partial charge in [0.25, 0.3) is 23.3 Å². The molecule has 0 unspecified atom stereocenters. The van der Waals surface area contributed by atoms with Gasteiger partial charge in [0.15, 0.2) is 0 Å². The minimum Gasteiger partial charge on any atom is -0.384 e. The zero-order chi connectivity index (χ0) is 23.2. The Morgan fingerprint density at radius 3 is 2.31 bits per heavy atom. The summed E-state index contributed by atoms with van der Waals surface area (Å²) in [6.07, 6.45) is -4.55. The molecule has 1 aliphatic rings. The largest absolute Gasteiger partial charge is 0.416 e. The van der Waals surface area contributed by atoms with Gasteiger partial charge in [0, 0.05) is 17.3 Å². The summed E-state index contributed by atoms with van der Waals surface area (Å²) < 4.78 is 39.5. The summed E-state index contributed by atoms with van der Waals surface area (Å²) in [7, 11) is 0. The number of anilines is 2. The lowest BCUT2D eigenvalue weighted by Crippen LogP contribution is -2.24. The van der Waals surface area contributed by atoms with E-state index in [0.717, 1.165) is 22.8 Å². The Hall–Kier alpha value is -4.41. The van der Waals surface area contributed by atoms with Gasteiger partial charge in [-0.25, -0.2) is 0 Å². The van der Waals surface area contributed by atoms with Crippen molar-refractivity contribution in [2.45, 2.75) is 6.18 Å². The fourth-order valence-electron chi connectivity index (χ4n) is 3.28. The number of rotatable bonds is 3. The fourth-order valence-corrected chi connectivity index (χ4v) is 3.28. The predicted octanol–water partition coefficient (Wildman–Crippen LogP) is 2.57. The highest BCUT2D eigenvalue weighted by Crippen LogP contribution is 2.30. The van der Waals surface area contributed by atoms with Gasteiger partial charge in [0.2, 0.25) is 0 Å². The van der Waals surface area contributed by atoms with Crippen LogP contribution in [-0.4, -0.2) is 22.3 Å². The summed E-state index contributed by atoms with van der Waals surface area (Å²) in [4.78, 5) is 48.5. The standard InChI is InChI=1S/C21H13F3N4O4/c22-21(23,24)11-2-1-3-12(8-11)26-18(30)10-4-6-13(7-5-10)28-15(29)9-14-16(17(28)25)20(32)27-19(14)31/h1-9H,25H2,(H,26,30)(H,27,31,32). The minimum atomic E-state index is -4.55. The Balaban J connectivity index is 1.62. The first-order chi connectivity index (χ1) is 15.1. The van der Waals surface area contributed by atoms with Crippen LogP contribution < -0.4 is 21.9 Å². The zero-order valence-corrected chi connectivity index (χ0v) is 16.0. The normalized spacial score (nSPS) is 13.0. The third kappa shape index (κ3) is 3.60. The molecule has 4 rings (SSSR count). The SMILES string of the molecule is Nc1c2c(cc(=O)n1-c1ccc(C(=O)Nc3cccc(C(F)(F)F)c3)cc1)C(=O)NC2=O. The van der Waals surface area contributed by atoms with Gasteiger partial charge in [-0.05, 0) is 42.5 Å². The molecule has 1 aliphatic heterocycles. The highest BCUT2D eigenvalue weighted by Gasteiger charge is 2.32. The van der Waals surface area contributed by atoms with Crippen LogP contribution in [0.1, 0.15) is 36.6 Å². The van der Waals surface area contributed by atoms with Crippen LogP contribution in [0.3, 0.4) is 0 Å². The lowest BCUT2D eigenvalue weighted by Gasteiger charge is -2.13. The van der Waals surface area contributed by atoms with E-state index >= 15 is 0 Å². The highest BCUT2D eigenvalue weighted by molar-refractivity contribution is 6.23. The van der Waals surface area contributed by atoms with Crippen molar-refractivity contribution in [3.05, 3.63) is 87.2 Å². The number of carbonyl (C=O) groups excluding carboxylic acids is 3. The van der Waals surface area contributed by atoms with Gasteiger partial charge in [-0.1, -0.05) is 6.07 Å². The number of nitrogens with one attached hydrogen (secondary N) is 2. The number of alkyl halides is 3. The van der Waals surface area contributed by atoms with Crippen molar-refractivity contribution in [3.8, 4) is 5.69 Å². The van der Waals surface area contributed by atoms with E-state index in [0.29, 0.717) is 0 Å². The molecule has 3 amide bonds. The molecule has 0 radical (unpaired) electrons. The van der Waals surface area contributed by atoms with Gasteiger partial charge >= 0.3 is 6.18 Å². The number of nitrogens with zero attached hydrogens (tertiary/aromatic N) is 1. The Morgan fingerprint density at radius 1 is 0.969 bits per heavy atom. The van der Waals surface area contributed by atoms with Gasteiger partial charge in [-0.15, -0.1) is 0 Å².